The molecule has 0 aliphatic rings. The number of hydrogen-bond donors (Lipinski definition) is 1. The molecular formula is C24H24ClN5O2. The molecule has 2 aromatic heterocycles. The Balaban J connectivity index is 1.32. The molecule has 0 bridgehead atoms. The monoisotopic (exact) mass is 449 g/mol. The van der Waals surface area contributed by atoms with E-state index in [1.54, 1.807) is 35.3 Å². The summed E-state index contributed by atoms with van der Waals surface area (Å²) >= 11 is 5.92. The molecule has 1 amide bonds. The fraction of sp³-hybridized carbons (Fsp3) is 0.208. The van der Waals surface area contributed by atoms with E-state index in [1.165, 1.54) is 0 Å². The van der Waals surface area contributed by atoms with E-state index < -0.39 is 0 Å². The van der Waals surface area contributed by atoms with Gasteiger partial charge < -0.3 is 14.6 Å². The molecule has 0 fully saturated rings. The van der Waals surface area contributed by atoms with Crippen LogP contribution in [0.2, 0.25) is 5.02 Å². The zero-order valence-corrected chi connectivity index (χ0v) is 18.7. The quantitative estimate of drug-likeness (QED) is 0.415. The van der Waals surface area contributed by atoms with Gasteiger partial charge in [0.15, 0.2) is 11.7 Å². The molecule has 0 aliphatic carbocycles. The van der Waals surface area contributed by atoms with Crippen LogP contribution in [0.1, 0.15) is 17.9 Å². The van der Waals surface area contributed by atoms with Crippen molar-refractivity contribution in [1.29, 1.82) is 0 Å². The molecule has 8 heteroatoms. The Hall–Kier alpha value is -3.58. The largest absolute Gasteiger partial charge is 0.441 e. The van der Waals surface area contributed by atoms with E-state index in [0.29, 0.717) is 35.5 Å². The highest BCUT2D eigenvalue weighted by molar-refractivity contribution is 6.30. The number of amides is 1. The molecule has 0 aliphatic heterocycles. The molecule has 0 radical (unpaired) electrons. The predicted octanol–water partition coefficient (Wildman–Crippen LogP) is 4.88. The van der Waals surface area contributed by atoms with Crippen molar-refractivity contribution in [1.82, 2.24) is 14.8 Å². The van der Waals surface area contributed by atoms with E-state index >= 15 is 0 Å². The van der Waals surface area contributed by atoms with Gasteiger partial charge in [-0.2, -0.15) is 5.10 Å². The lowest BCUT2D eigenvalue weighted by molar-refractivity contribution is -0.116. The summed E-state index contributed by atoms with van der Waals surface area (Å²) in [6.07, 6.45) is 3.99. The number of anilines is 2. The lowest BCUT2D eigenvalue weighted by Gasteiger charge is -2.13. The van der Waals surface area contributed by atoms with Crippen molar-refractivity contribution in [3.05, 3.63) is 83.5 Å². The number of halogens is 1. The van der Waals surface area contributed by atoms with Crippen LogP contribution in [0.15, 0.2) is 71.4 Å². The number of nitrogens with one attached hydrogen (secondary N) is 1. The molecule has 2 aromatic carbocycles. The van der Waals surface area contributed by atoms with Crippen LogP contribution in [-0.4, -0.2) is 34.8 Å². The van der Waals surface area contributed by atoms with Crippen LogP contribution in [0, 0.1) is 0 Å². The van der Waals surface area contributed by atoms with E-state index in [0.717, 1.165) is 16.8 Å². The Kier molecular flexibility index (Phi) is 6.56. The summed E-state index contributed by atoms with van der Waals surface area (Å²) in [7, 11) is 4.01. The molecule has 0 spiro atoms. The van der Waals surface area contributed by atoms with Gasteiger partial charge in [-0.1, -0.05) is 23.7 Å². The van der Waals surface area contributed by atoms with Crippen molar-refractivity contribution in [2.24, 2.45) is 0 Å². The third-order valence-corrected chi connectivity index (χ3v) is 5.27. The topological polar surface area (TPSA) is 76.2 Å². The summed E-state index contributed by atoms with van der Waals surface area (Å²) in [4.78, 5) is 18.8. The van der Waals surface area contributed by atoms with Gasteiger partial charge in [-0.15, -0.1) is 0 Å². The van der Waals surface area contributed by atoms with Gasteiger partial charge in [0.05, 0.1) is 18.9 Å². The van der Waals surface area contributed by atoms with E-state index in [4.69, 9.17) is 16.0 Å². The summed E-state index contributed by atoms with van der Waals surface area (Å²) in [6, 6.07) is 17.4. The maximum Gasteiger partial charge on any atom is 0.226 e. The SMILES string of the molecule is CN(C)c1ccc(Cn2nccc2NC(=O)CCc2ncc(-c3ccc(Cl)cc3)o2)cc1. The van der Waals surface area contributed by atoms with Crippen molar-refractivity contribution < 1.29 is 9.21 Å². The first-order valence-electron chi connectivity index (χ1n) is 10.3. The van der Waals surface area contributed by atoms with Crippen molar-refractivity contribution in [2.75, 3.05) is 24.3 Å². The van der Waals surface area contributed by atoms with Gasteiger partial charge in [-0.3, -0.25) is 4.79 Å². The number of carbonyl (C=O) groups excluding carboxylic acids is 1. The average molecular weight is 450 g/mol. The average Bonchev–Trinajstić information content (AvgIpc) is 3.43. The van der Waals surface area contributed by atoms with E-state index in [9.17, 15) is 4.79 Å². The number of aryl methyl sites for hydroxylation is 1. The van der Waals surface area contributed by atoms with Gasteiger partial charge in [0.25, 0.3) is 0 Å². The summed E-state index contributed by atoms with van der Waals surface area (Å²) in [5.41, 5.74) is 3.12. The lowest BCUT2D eigenvalue weighted by Crippen LogP contribution is -2.16. The van der Waals surface area contributed by atoms with E-state index in [1.807, 2.05) is 26.2 Å². The van der Waals surface area contributed by atoms with Crippen LogP contribution < -0.4 is 10.2 Å². The Morgan fingerprint density at radius 2 is 1.84 bits per heavy atom. The van der Waals surface area contributed by atoms with Crippen LogP contribution >= 0.6 is 11.6 Å². The molecule has 32 heavy (non-hydrogen) atoms. The molecule has 0 saturated carbocycles. The third-order valence-electron chi connectivity index (χ3n) is 5.02. The minimum absolute atomic E-state index is 0.124. The van der Waals surface area contributed by atoms with Crippen LogP contribution in [0.25, 0.3) is 11.3 Å². The van der Waals surface area contributed by atoms with Crippen LogP contribution in [0.3, 0.4) is 0 Å². The van der Waals surface area contributed by atoms with Gasteiger partial charge in [-0.25, -0.2) is 9.67 Å². The van der Waals surface area contributed by atoms with Crippen LogP contribution in [0.4, 0.5) is 11.5 Å². The Morgan fingerprint density at radius 3 is 2.56 bits per heavy atom. The van der Waals surface area contributed by atoms with Crippen LogP contribution in [-0.2, 0) is 17.8 Å². The highest BCUT2D eigenvalue weighted by Gasteiger charge is 2.12. The van der Waals surface area contributed by atoms with E-state index in [-0.39, 0.29) is 12.3 Å². The van der Waals surface area contributed by atoms with Crippen molar-refractivity contribution in [3.8, 4) is 11.3 Å². The summed E-state index contributed by atoms with van der Waals surface area (Å²) < 4.78 is 7.54. The van der Waals surface area contributed by atoms with Crippen LogP contribution in [0.5, 0.6) is 0 Å². The van der Waals surface area contributed by atoms with Crippen molar-refractivity contribution >= 4 is 29.0 Å². The second-order valence-electron chi connectivity index (χ2n) is 7.61. The zero-order valence-electron chi connectivity index (χ0n) is 18.0. The number of nitrogens with zero attached hydrogens (tertiary/aromatic N) is 4. The minimum atomic E-state index is -0.124. The van der Waals surface area contributed by atoms with Gasteiger partial charge in [-0.05, 0) is 42.0 Å². The second kappa shape index (κ2) is 9.70. The molecule has 0 saturated heterocycles. The molecule has 4 aromatic rings. The number of hydrogen-bond acceptors (Lipinski definition) is 5. The van der Waals surface area contributed by atoms with Crippen molar-refractivity contribution in [2.45, 2.75) is 19.4 Å². The lowest BCUT2D eigenvalue weighted by atomic mass is 10.2. The first-order valence-corrected chi connectivity index (χ1v) is 10.6. The summed E-state index contributed by atoms with van der Waals surface area (Å²) in [5, 5.41) is 7.92. The molecule has 0 unspecified atom stereocenters. The van der Waals surface area contributed by atoms with Gasteiger partial charge in [0, 0.05) is 49.3 Å². The van der Waals surface area contributed by atoms with Gasteiger partial charge in [0.2, 0.25) is 5.91 Å². The molecular weight excluding hydrogens is 426 g/mol. The Bertz CT molecular complexity index is 1180. The highest BCUT2D eigenvalue weighted by atomic mass is 35.5. The number of aromatic nitrogens is 3. The first kappa shape index (κ1) is 21.6. The Labute approximate surface area is 191 Å². The van der Waals surface area contributed by atoms with E-state index in [2.05, 4.69) is 44.6 Å². The molecule has 164 valence electrons. The fourth-order valence-electron chi connectivity index (χ4n) is 3.24. The maximum absolute atomic E-state index is 12.5. The second-order valence-corrected chi connectivity index (χ2v) is 8.04. The molecule has 2 heterocycles. The zero-order chi connectivity index (χ0) is 22.5. The van der Waals surface area contributed by atoms with Crippen molar-refractivity contribution in [3.63, 3.8) is 0 Å². The normalized spacial score (nSPS) is 10.8. The predicted molar refractivity (Wildman–Crippen MR) is 126 cm³/mol. The van der Waals surface area contributed by atoms with Gasteiger partial charge in [0.1, 0.15) is 5.82 Å². The third kappa shape index (κ3) is 5.36. The van der Waals surface area contributed by atoms with Gasteiger partial charge >= 0.3 is 0 Å². The molecule has 0 atom stereocenters. The summed E-state index contributed by atoms with van der Waals surface area (Å²) in [6.45, 7) is 0.570. The highest BCUT2D eigenvalue weighted by Crippen LogP contribution is 2.23. The standard InChI is InChI=1S/C24H24ClN5O2/c1-29(2)20-9-3-17(4-10-20)16-30-22(13-14-27-30)28-23(31)11-12-24-26-15-21(32-24)18-5-7-19(25)8-6-18/h3-10,13-15H,11-12,16H2,1-2H3,(H,28,31). The Morgan fingerprint density at radius 1 is 1.09 bits per heavy atom. The summed E-state index contributed by atoms with van der Waals surface area (Å²) in [5.74, 6) is 1.69. The fourth-order valence-corrected chi connectivity index (χ4v) is 3.36. The number of oxazole rings is 1. The number of benzene rings is 2. The molecule has 1 N–H and O–H groups in total. The smallest absolute Gasteiger partial charge is 0.226 e. The molecule has 7 nitrogen and oxygen atoms in total. The number of carbonyl (C=O) groups is 1. The molecule has 4 rings (SSSR count). The first-order chi connectivity index (χ1) is 15.5. The number of rotatable bonds is 8. The minimum Gasteiger partial charge on any atom is -0.441 e. The maximum atomic E-state index is 12.5.